The molecule has 0 saturated heterocycles. The van der Waals surface area contributed by atoms with Crippen LogP contribution in [0.3, 0.4) is 0 Å². The van der Waals surface area contributed by atoms with Crippen molar-refractivity contribution in [1.29, 1.82) is 0 Å². The van der Waals surface area contributed by atoms with Crippen molar-refractivity contribution in [3.63, 3.8) is 0 Å². The summed E-state index contributed by atoms with van der Waals surface area (Å²) in [6.07, 6.45) is 0. The fourth-order valence-electron chi connectivity index (χ4n) is 1.98. The number of rotatable bonds is 4. The number of benzene rings is 2. The molecule has 0 aliphatic rings. The van der Waals surface area contributed by atoms with E-state index in [1.165, 1.54) is 0 Å². The van der Waals surface area contributed by atoms with Gasteiger partial charge in [0.1, 0.15) is 22.0 Å². The van der Waals surface area contributed by atoms with E-state index in [0.717, 1.165) is 24.3 Å². The van der Waals surface area contributed by atoms with Gasteiger partial charge in [-0.2, -0.15) is 0 Å². The summed E-state index contributed by atoms with van der Waals surface area (Å²) in [5.41, 5.74) is -0.767. The third-order valence-corrected chi connectivity index (χ3v) is 5.70. The molecule has 0 aliphatic heterocycles. The number of halogens is 3. The van der Waals surface area contributed by atoms with Crippen LogP contribution in [0.1, 0.15) is 15.9 Å². The number of carbonyl (C=O) groups is 1. The molecular formula is C14H9Cl3O6S. The number of carboxylic acid groups (broad SMARTS) is 1. The Morgan fingerprint density at radius 3 is 2.17 bits per heavy atom. The van der Waals surface area contributed by atoms with Crippen LogP contribution < -0.4 is 0 Å². The Bertz CT molecular complexity index is 940. The van der Waals surface area contributed by atoms with E-state index in [0.29, 0.717) is 0 Å². The lowest BCUT2D eigenvalue weighted by molar-refractivity contribution is 0.0693. The van der Waals surface area contributed by atoms with Gasteiger partial charge in [0, 0.05) is 16.7 Å². The minimum Gasteiger partial charge on any atom is -0.507 e. The molecule has 3 N–H and O–H groups in total. The van der Waals surface area contributed by atoms with Gasteiger partial charge in [0.25, 0.3) is 0 Å². The molecule has 24 heavy (non-hydrogen) atoms. The molecule has 10 heteroatoms. The highest BCUT2D eigenvalue weighted by atomic mass is 35.5. The molecule has 0 unspecified atom stereocenters. The Kier molecular flexibility index (Phi) is 5.19. The summed E-state index contributed by atoms with van der Waals surface area (Å²) in [6.45, 7) is 0. The zero-order chi connectivity index (χ0) is 18.2. The molecule has 0 spiro atoms. The molecule has 0 amide bonds. The molecule has 0 saturated carbocycles. The predicted octanol–water partition coefficient (Wildman–Crippen LogP) is 3.73. The molecule has 0 aliphatic carbocycles. The first kappa shape index (κ1) is 18.7. The van der Waals surface area contributed by atoms with Gasteiger partial charge in [-0.3, -0.25) is 0 Å². The average molecular weight is 412 g/mol. The molecule has 0 bridgehead atoms. The van der Waals surface area contributed by atoms with Gasteiger partial charge in [-0.25, -0.2) is 13.2 Å². The van der Waals surface area contributed by atoms with E-state index in [1.807, 2.05) is 0 Å². The number of phenols is 2. The molecule has 0 heterocycles. The van der Waals surface area contributed by atoms with Gasteiger partial charge in [0.15, 0.2) is 9.84 Å². The normalized spacial score (nSPS) is 11.5. The number of aromatic hydroxyl groups is 2. The summed E-state index contributed by atoms with van der Waals surface area (Å²) in [7, 11) is -4.17. The maximum atomic E-state index is 12.5. The summed E-state index contributed by atoms with van der Waals surface area (Å²) < 4.78 is 24.9. The minimum absolute atomic E-state index is 0.0353. The predicted molar refractivity (Wildman–Crippen MR) is 89.1 cm³/mol. The second-order valence-corrected chi connectivity index (χ2v) is 7.97. The van der Waals surface area contributed by atoms with E-state index in [9.17, 15) is 23.4 Å². The molecule has 0 atom stereocenters. The van der Waals surface area contributed by atoms with Crippen LogP contribution in [-0.2, 0) is 15.6 Å². The number of aromatic carboxylic acids is 1. The van der Waals surface area contributed by atoms with E-state index in [1.54, 1.807) is 0 Å². The fourth-order valence-corrected chi connectivity index (χ4v) is 4.07. The quantitative estimate of drug-likeness (QED) is 0.707. The van der Waals surface area contributed by atoms with Crippen LogP contribution >= 0.6 is 34.8 Å². The molecule has 6 nitrogen and oxygen atoms in total. The van der Waals surface area contributed by atoms with Gasteiger partial charge < -0.3 is 15.3 Å². The van der Waals surface area contributed by atoms with Crippen LogP contribution in [0.5, 0.6) is 11.5 Å². The standard InChI is InChI=1S/C14H9Cl3O6S/c15-7-1-6(13(19)8(2-7)14(20)21)5-24(22,23)12-4-10(17)9(16)3-11(12)18/h1-4,18-19H,5H2,(H,20,21). The number of hydrogen-bond donors (Lipinski definition) is 3. The molecule has 0 fully saturated rings. The lowest BCUT2D eigenvalue weighted by atomic mass is 10.1. The van der Waals surface area contributed by atoms with Gasteiger partial charge in [0.2, 0.25) is 0 Å². The lowest BCUT2D eigenvalue weighted by Gasteiger charge is -2.11. The Balaban J connectivity index is 2.55. The first-order valence-electron chi connectivity index (χ1n) is 6.18. The van der Waals surface area contributed by atoms with Crippen molar-refractivity contribution in [3.05, 3.63) is 50.5 Å². The van der Waals surface area contributed by atoms with Crippen molar-refractivity contribution in [2.24, 2.45) is 0 Å². The second kappa shape index (κ2) is 6.68. The van der Waals surface area contributed by atoms with E-state index >= 15 is 0 Å². The smallest absolute Gasteiger partial charge is 0.339 e. The zero-order valence-corrected chi connectivity index (χ0v) is 14.7. The Labute approximate surface area is 151 Å². The van der Waals surface area contributed by atoms with E-state index in [-0.39, 0.29) is 20.6 Å². The molecule has 128 valence electrons. The van der Waals surface area contributed by atoms with E-state index in [2.05, 4.69) is 0 Å². The van der Waals surface area contributed by atoms with Crippen LogP contribution in [0.4, 0.5) is 0 Å². The van der Waals surface area contributed by atoms with Crippen molar-refractivity contribution in [2.45, 2.75) is 10.6 Å². The van der Waals surface area contributed by atoms with Gasteiger partial charge in [0.05, 0.1) is 15.8 Å². The van der Waals surface area contributed by atoms with Gasteiger partial charge >= 0.3 is 5.97 Å². The summed E-state index contributed by atoms with van der Waals surface area (Å²) in [5, 5.41) is 28.6. The van der Waals surface area contributed by atoms with Crippen LogP contribution in [0, 0.1) is 0 Å². The molecular weight excluding hydrogens is 403 g/mol. The van der Waals surface area contributed by atoms with Crippen molar-refractivity contribution < 1.29 is 28.5 Å². The lowest BCUT2D eigenvalue weighted by Crippen LogP contribution is -2.08. The Hall–Kier alpha value is -1.67. The molecule has 2 aromatic rings. The monoisotopic (exact) mass is 410 g/mol. The highest BCUT2D eigenvalue weighted by Crippen LogP contribution is 2.36. The van der Waals surface area contributed by atoms with E-state index in [4.69, 9.17) is 39.9 Å². The SMILES string of the molecule is O=C(O)c1cc(Cl)cc(CS(=O)(=O)c2cc(Cl)c(Cl)cc2O)c1O. The van der Waals surface area contributed by atoms with Gasteiger partial charge in [-0.15, -0.1) is 0 Å². The summed E-state index contributed by atoms with van der Waals surface area (Å²) in [4.78, 5) is 10.6. The number of sulfone groups is 1. The highest BCUT2D eigenvalue weighted by Gasteiger charge is 2.25. The third kappa shape index (κ3) is 3.70. The number of hydrogen-bond acceptors (Lipinski definition) is 5. The largest absolute Gasteiger partial charge is 0.507 e. The first-order chi connectivity index (χ1) is 11.0. The fraction of sp³-hybridized carbons (Fsp3) is 0.0714. The Morgan fingerprint density at radius 2 is 1.58 bits per heavy atom. The maximum Gasteiger partial charge on any atom is 0.339 e. The minimum atomic E-state index is -4.17. The number of phenolic OH excluding ortho intramolecular Hbond substituents is 1. The summed E-state index contributed by atoms with van der Waals surface area (Å²) >= 11 is 17.2. The first-order valence-corrected chi connectivity index (χ1v) is 8.97. The highest BCUT2D eigenvalue weighted by molar-refractivity contribution is 7.90. The summed E-state index contributed by atoms with van der Waals surface area (Å²) in [6, 6.07) is 4.05. The van der Waals surface area contributed by atoms with Crippen LogP contribution in [0.15, 0.2) is 29.2 Å². The van der Waals surface area contributed by atoms with Gasteiger partial charge in [-0.05, 0) is 18.2 Å². The Morgan fingerprint density at radius 1 is 1.00 bits per heavy atom. The number of carboxylic acids is 1. The van der Waals surface area contributed by atoms with Crippen molar-refractivity contribution >= 4 is 50.6 Å². The molecule has 0 radical (unpaired) electrons. The summed E-state index contributed by atoms with van der Waals surface area (Å²) in [5.74, 6) is -3.61. The maximum absolute atomic E-state index is 12.5. The third-order valence-electron chi connectivity index (χ3n) is 3.07. The van der Waals surface area contributed by atoms with Crippen LogP contribution in [0.2, 0.25) is 15.1 Å². The average Bonchev–Trinajstić information content (AvgIpc) is 2.45. The van der Waals surface area contributed by atoms with Gasteiger partial charge in [-0.1, -0.05) is 34.8 Å². The second-order valence-electron chi connectivity index (χ2n) is 4.76. The molecule has 2 rings (SSSR count). The van der Waals surface area contributed by atoms with Crippen LogP contribution in [-0.4, -0.2) is 29.7 Å². The van der Waals surface area contributed by atoms with E-state index < -0.39 is 43.5 Å². The molecule has 2 aromatic carbocycles. The molecule has 0 aromatic heterocycles. The van der Waals surface area contributed by atoms with Crippen molar-refractivity contribution in [3.8, 4) is 11.5 Å². The zero-order valence-electron chi connectivity index (χ0n) is 11.6. The topological polar surface area (TPSA) is 112 Å². The van der Waals surface area contributed by atoms with Crippen molar-refractivity contribution in [2.75, 3.05) is 0 Å². The van der Waals surface area contributed by atoms with Crippen LogP contribution in [0.25, 0.3) is 0 Å². The van der Waals surface area contributed by atoms with Crippen molar-refractivity contribution in [1.82, 2.24) is 0 Å².